The summed E-state index contributed by atoms with van der Waals surface area (Å²) in [6, 6.07) is 8.28. The van der Waals surface area contributed by atoms with Crippen molar-refractivity contribution in [1.29, 1.82) is 0 Å². The minimum absolute atomic E-state index is 0.0465. The molecule has 0 saturated heterocycles. The van der Waals surface area contributed by atoms with Crippen molar-refractivity contribution in [2.75, 3.05) is 13.1 Å². The van der Waals surface area contributed by atoms with E-state index in [1.165, 1.54) is 42.5 Å². The third kappa shape index (κ3) is 4.57. The van der Waals surface area contributed by atoms with Gasteiger partial charge in [0.15, 0.2) is 5.82 Å². The summed E-state index contributed by atoms with van der Waals surface area (Å²) in [6.07, 6.45) is 11.0. The Kier molecular flexibility index (Phi) is 6.13. The van der Waals surface area contributed by atoms with Crippen LogP contribution < -0.4 is 5.32 Å². The number of fused-ring (bicyclic) bond motifs is 3. The van der Waals surface area contributed by atoms with Crippen molar-refractivity contribution in [2.45, 2.75) is 51.6 Å². The molecule has 162 valence electrons. The van der Waals surface area contributed by atoms with Gasteiger partial charge in [0, 0.05) is 42.8 Å². The predicted molar refractivity (Wildman–Crippen MR) is 122 cm³/mol. The Balaban J connectivity index is 1.37. The standard InChI is InChI=1S/C24H29N5OS/c30-24(26-12-10-20-9-5-13-31-20)21-14-27-29-22(21)17-28(15-18-6-2-1-3-7-18)16-19-8-4-11-25-23(19)29/h4-5,8-9,11,13-14,18H,1-3,6-7,10,12,15-17H2,(H,26,30). The van der Waals surface area contributed by atoms with Crippen molar-refractivity contribution in [3.8, 4) is 5.82 Å². The summed E-state index contributed by atoms with van der Waals surface area (Å²) in [7, 11) is 0. The van der Waals surface area contributed by atoms with Crippen LogP contribution in [0.15, 0.2) is 42.0 Å². The zero-order valence-corrected chi connectivity index (χ0v) is 18.6. The van der Waals surface area contributed by atoms with Crippen LogP contribution >= 0.6 is 11.3 Å². The van der Waals surface area contributed by atoms with Crippen LogP contribution in [0.25, 0.3) is 5.82 Å². The highest BCUT2D eigenvalue weighted by Crippen LogP contribution is 2.29. The van der Waals surface area contributed by atoms with Gasteiger partial charge in [-0.25, -0.2) is 9.67 Å². The number of pyridine rings is 1. The summed E-state index contributed by atoms with van der Waals surface area (Å²) in [4.78, 5) is 21.4. The van der Waals surface area contributed by atoms with Gasteiger partial charge in [0.1, 0.15) is 0 Å². The third-order valence-electron chi connectivity index (χ3n) is 6.43. The molecule has 31 heavy (non-hydrogen) atoms. The normalized spacial score (nSPS) is 17.0. The summed E-state index contributed by atoms with van der Waals surface area (Å²) >= 11 is 1.72. The summed E-state index contributed by atoms with van der Waals surface area (Å²) in [6.45, 7) is 3.27. The summed E-state index contributed by atoms with van der Waals surface area (Å²) in [5, 5.41) is 9.75. The van der Waals surface area contributed by atoms with Crippen molar-refractivity contribution >= 4 is 17.2 Å². The number of thiophene rings is 1. The van der Waals surface area contributed by atoms with E-state index in [-0.39, 0.29) is 5.91 Å². The maximum atomic E-state index is 13.0. The van der Waals surface area contributed by atoms with Crippen molar-refractivity contribution in [3.63, 3.8) is 0 Å². The predicted octanol–water partition coefficient (Wildman–Crippen LogP) is 4.20. The Bertz CT molecular complexity index is 1020. The molecule has 1 fully saturated rings. The van der Waals surface area contributed by atoms with Crippen LogP contribution in [0.4, 0.5) is 0 Å². The molecular formula is C24H29N5OS. The molecule has 0 atom stereocenters. The van der Waals surface area contributed by atoms with Crippen molar-refractivity contribution in [3.05, 3.63) is 63.7 Å². The minimum Gasteiger partial charge on any atom is -0.352 e. The fourth-order valence-corrected chi connectivity index (χ4v) is 5.57. The van der Waals surface area contributed by atoms with Crippen LogP contribution in [0.2, 0.25) is 0 Å². The molecule has 1 N–H and O–H groups in total. The molecule has 7 heteroatoms. The molecule has 1 saturated carbocycles. The van der Waals surface area contributed by atoms with E-state index in [1.807, 2.05) is 23.0 Å². The Morgan fingerprint density at radius 1 is 1.16 bits per heavy atom. The van der Waals surface area contributed by atoms with E-state index in [0.29, 0.717) is 12.1 Å². The SMILES string of the molecule is O=C(NCCc1cccs1)c1cnn2c1CN(CC1CCCCC1)Cc1cccnc1-2. The zero-order chi connectivity index (χ0) is 21.0. The Morgan fingerprint density at radius 3 is 2.90 bits per heavy atom. The molecule has 1 amide bonds. The fraction of sp³-hybridized carbons (Fsp3) is 0.458. The third-order valence-corrected chi connectivity index (χ3v) is 7.36. The lowest BCUT2D eigenvalue weighted by Crippen LogP contribution is -2.31. The molecule has 5 rings (SSSR count). The largest absolute Gasteiger partial charge is 0.352 e. The number of aromatic nitrogens is 3. The number of carbonyl (C=O) groups excluding carboxylic acids is 1. The molecule has 0 radical (unpaired) electrons. The van der Waals surface area contributed by atoms with E-state index in [4.69, 9.17) is 0 Å². The number of hydrogen-bond donors (Lipinski definition) is 1. The molecule has 1 aliphatic heterocycles. The molecule has 6 nitrogen and oxygen atoms in total. The van der Waals surface area contributed by atoms with Gasteiger partial charge in [-0.1, -0.05) is 31.4 Å². The Morgan fingerprint density at radius 2 is 2.06 bits per heavy atom. The smallest absolute Gasteiger partial charge is 0.254 e. The van der Waals surface area contributed by atoms with Crippen LogP contribution in [0.3, 0.4) is 0 Å². The first-order valence-corrected chi connectivity index (χ1v) is 12.2. The molecule has 0 aromatic carbocycles. The maximum absolute atomic E-state index is 13.0. The zero-order valence-electron chi connectivity index (χ0n) is 17.8. The van der Waals surface area contributed by atoms with Gasteiger partial charge in [-0.2, -0.15) is 5.10 Å². The van der Waals surface area contributed by atoms with Crippen LogP contribution in [0, 0.1) is 5.92 Å². The van der Waals surface area contributed by atoms with Gasteiger partial charge in [0.25, 0.3) is 5.91 Å². The lowest BCUT2D eigenvalue weighted by molar-refractivity contribution is 0.0951. The Labute approximate surface area is 187 Å². The van der Waals surface area contributed by atoms with Gasteiger partial charge in [-0.3, -0.25) is 9.69 Å². The average molecular weight is 436 g/mol. The number of rotatable bonds is 6. The summed E-state index contributed by atoms with van der Waals surface area (Å²) in [5.41, 5.74) is 2.78. The first-order valence-electron chi connectivity index (χ1n) is 11.3. The maximum Gasteiger partial charge on any atom is 0.254 e. The second-order valence-electron chi connectivity index (χ2n) is 8.66. The van der Waals surface area contributed by atoms with E-state index in [1.54, 1.807) is 17.5 Å². The first kappa shape index (κ1) is 20.4. The molecule has 4 heterocycles. The highest BCUT2D eigenvalue weighted by Gasteiger charge is 2.27. The second kappa shape index (κ2) is 9.32. The van der Waals surface area contributed by atoms with Gasteiger partial charge >= 0.3 is 0 Å². The number of amides is 1. The minimum atomic E-state index is -0.0465. The molecule has 0 bridgehead atoms. The van der Waals surface area contributed by atoms with Crippen LogP contribution in [0.5, 0.6) is 0 Å². The number of nitrogens with zero attached hydrogens (tertiary/aromatic N) is 4. The molecule has 0 unspecified atom stereocenters. The highest BCUT2D eigenvalue weighted by molar-refractivity contribution is 7.09. The summed E-state index contributed by atoms with van der Waals surface area (Å²) in [5.74, 6) is 1.54. The number of hydrogen-bond acceptors (Lipinski definition) is 5. The van der Waals surface area contributed by atoms with Gasteiger partial charge in [-0.05, 0) is 42.7 Å². The molecular weight excluding hydrogens is 406 g/mol. The number of nitrogens with one attached hydrogen (secondary N) is 1. The van der Waals surface area contributed by atoms with Crippen molar-refractivity contribution in [1.82, 2.24) is 25.0 Å². The molecule has 1 aliphatic carbocycles. The van der Waals surface area contributed by atoms with Crippen LogP contribution in [-0.2, 0) is 19.5 Å². The van der Waals surface area contributed by atoms with E-state index < -0.39 is 0 Å². The lowest BCUT2D eigenvalue weighted by atomic mass is 9.89. The van der Waals surface area contributed by atoms with Gasteiger partial charge in [-0.15, -0.1) is 11.3 Å². The molecule has 3 aromatic rings. The van der Waals surface area contributed by atoms with E-state index in [0.717, 1.165) is 43.5 Å². The molecule has 3 aromatic heterocycles. The fourth-order valence-electron chi connectivity index (χ4n) is 4.86. The lowest BCUT2D eigenvalue weighted by Gasteiger charge is -2.28. The monoisotopic (exact) mass is 435 g/mol. The van der Waals surface area contributed by atoms with Gasteiger partial charge in [0.05, 0.1) is 17.5 Å². The number of carbonyl (C=O) groups is 1. The van der Waals surface area contributed by atoms with Crippen molar-refractivity contribution < 1.29 is 4.79 Å². The van der Waals surface area contributed by atoms with Gasteiger partial charge in [0.2, 0.25) is 0 Å². The first-order chi connectivity index (χ1) is 15.3. The molecule has 0 spiro atoms. The van der Waals surface area contributed by atoms with Crippen molar-refractivity contribution in [2.24, 2.45) is 5.92 Å². The van der Waals surface area contributed by atoms with E-state index >= 15 is 0 Å². The van der Waals surface area contributed by atoms with Gasteiger partial charge < -0.3 is 5.32 Å². The summed E-state index contributed by atoms with van der Waals surface area (Å²) < 4.78 is 1.88. The Hall–Kier alpha value is -2.51. The van der Waals surface area contributed by atoms with E-state index in [2.05, 4.69) is 37.8 Å². The van der Waals surface area contributed by atoms with E-state index in [9.17, 15) is 4.79 Å². The topological polar surface area (TPSA) is 63.1 Å². The second-order valence-corrected chi connectivity index (χ2v) is 9.69. The average Bonchev–Trinajstić information content (AvgIpc) is 3.42. The van der Waals surface area contributed by atoms with Crippen LogP contribution in [-0.4, -0.2) is 38.7 Å². The highest BCUT2D eigenvalue weighted by atomic mass is 32.1. The molecule has 2 aliphatic rings. The van der Waals surface area contributed by atoms with Crippen LogP contribution in [0.1, 0.15) is 58.6 Å². The quantitative estimate of drug-likeness (QED) is 0.630.